The Labute approximate surface area is 209 Å². The molecule has 1 aliphatic heterocycles. The minimum Gasteiger partial charge on any atom is -0.353 e. The Hall–Kier alpha value is -4.26. The third-order valence-corrected chi connectivity index (χ3v) is 6.64. The molecule has 0 saturated carbocycles. The molecule has 0 atom stereocenters. The van der Waals surface area contributed by atoms with Crippen LogP contribution in [-0.4, -0.2) is 45.6 Å². The lowest BCUT2D eigenvalue weighted by molar-refractivity contribution is -0.122. The quantitative estimate of drug-likeness (QED) is 0.456. The van der Waals surface area contributed by atoms with Gasteiger partial charge in [-0.3, -0.25) is 14.4 Å². The Bertz CT molecular complexity index is 1430. The van der Waals surface area contributed by atoms with E-state index in [4.69, 9.17) is 0 Å². The number of amides is 2. The highest BCUT2D eigenvalue weighted by Gasteiger charge is 2.27. The van der Waals surface area contributed by atoms with E-state index in [1.165, 1.54) is 4.68 Å². The Morgan fingerprint density at radius 1 is 0.833 bits per heavy atom. The molecular formula is C29H28N4O3. The summed E-state index contributed by atoms with van der Waals surface area (Å²) in [6.45, 7) is 1.03. The zero-order valence-corrected chi connectivity index (χ0v) is 20.0. The number of hydrogen-bond acceptors (Lipinski definition) is 4. The Kier molecular flexibility index (Phi) is 6.89. The highest BCUT2D eigenvalue weighted by molar-refractivity contribution is 6.04. The second-order valence-electron chi connectivity index (χ2n) is 9.07. The normalized spacial score (nSPS) is 14.1. The average molecular weight is 481 g/mol. The van der Waals surface area contributed by atoms with E-state index in [0.717, 1.165) is 5.56 Å². The maximum atomic E-state index is 13.6. The van der Waals surface area contributed by atoms with Gasteiger partial charge in [0.05, 0.1) is 11.1 Å². The maximum absolute atomic E-state index is 13.6. The number of carbonyl (C=O) groups excluding carboxylic acids is 2. The van der Waals surface area contributed by atoms with Crippen molar-refractivity contribution in [3.63, 3.8) is 0 Å². The number of piperidine rings is 1. The van der Waals surface area contributed by atoms with Crippen LogP contribution in [0.4, 0.5) is 0 Å². The fraction of sp³-hybridized carbons (Fsp3) is 0.241. The van der Waals surface area contributed by atoms with E-state index in [0.29, 0.717) is 55.2 Å². The van der Waals surface area contributed by atoms with Gasteiger partial charge in [-0.1, -0.05) is 66.7 Å². The number of benzene rings is 3. The van der Waals surface area contributed by atoms with Crippen LogP contribution in [0.15, 0.2) is 89.7 Å². The summed E-state index contributed by atoms with van der Waals surface area (Å²) < 4.78 is 1.30. The average Bonchev–Trinajstić information content (AvgIpc) is 2.93. The molecule has 1 fully saturated rings. The number of likely N-dealkylation sites (tertiary alicyclic amines) is 1. The van der Waals surface area contributed by atoms with Gasteiger partial charge < -0.3 is 10.2 Å². The van der Waals surface area contributed by atoms with Gasteiger partial charge in [0.1, 0.15) is 0 Å². The first-order chi connectivity index (χ1) is 17.6. The van der Waals surface area contributed by atoms with E-state index in [1.807, 2.05) is 54.6 Å². The van der Waals surface area contributed by atoms with Crippen molar-refractivity contribution in [2.45, 2.75) is 31.7 Å². The molecule has 0 aliphatic carbocycles. The second kappa shape index (κ2) is 10.6. The van der Waals surface area contributed by atoms with Gasteiger partial charge in [0.2, 0.25) is 5.91 Å². The van der Waals surface area contributed by atoms with Crippen LogP contribution in [0.3, 0.4) is 0 Å². The lowest BCUT2D eigenvalue weighted by atomic mass is 10.0. The number of para-hydroxylation sites is 1. The highest BCUT2D eigenvalue weighted by Crippen LogP contribution is 2.20. The molecule has 1 N–H and O–H groups in total. The number of aryl methyl sites for hydroxylation is 1. The topological polar surface area (TPSA) is 84.3 Å². The summed E-state index contributed by atoms with van der Waals surface area (Å²) in [4.78, 5) is 40.9. The molecule has 36 heavy (non-hydrogen) atoms. The van der Waals surface area contributed by atoms with Gasteiger partial charge in [0, 0.05) is 30.9 Å². The van der Waals surface area contributed by atoms with Gasteiger partial charge >= 0.3 is 0 Å². The van der Waals surface area contributed by atoms with Gasteiger partial charge in [0.15, 0.2) is 5.69 Å². The second-order valence-corrected chi connectivity index (χ2v) is 9.07. The maximum Gasteiger partial charge on any atom is 0.279 e. The highest BCUT2D eigenvalue weighted by atomic mass is 16.2. The van der Waals surface area contributed by atoms with E-state index in [2.05, 4.69) is 10.4 Å². The number of rotatable bonds is 6. The van der Waals surface area contributed by atoms with Crippen molar-refractivity contribution >= 4 is 22.6 Å². The number of hydrogen-bond donors (Lipinski definition) is 1. The smallest absolute Gasteiger partial charge is 0.279 e. The minimum absolute atomic E-state index is 0.0335. The van der Waals surface area contributed by atoms with E-state index < -0.39 is 0 Å². The molecule has 2 amide bonds. The van der Waals surface area contributed by atoms with Crippen LogP contribution >= 0.6 is 0 Å². The number of nitrogens with one attached hydrogen (secondary N) is 1. The van der Waals surface area contributed by atoms with Crippen LogP contribution in [-0.2, 0) is 11.2 Å². The van der Waals surface area contributed by atoms with E-state index in [-0.39, 0.29) is 29.1 Å². The molecule has 0 unspecified atom stereocenters. The number of nitrogens with zero attached hydrogens (tertiary/aromatic N) is 3. The first-order valence-electron chi connectivity index (χ1n) is 12.3. The molecule has 1 aromatic heterocycles. The molecule has 0 spiro atoms. The van der Waals surface area contributed by atoms with Crippen LogP contribution in [0.25, 0.3) is 16.5 Å². The molecule has 7 heteroatoms. The van der Waals surface area contributed by atoms with Crippen molar-refractivity contribution < 1.29 is 9.59 Å². The van der Waals surface area contributed by atoms with Crippen molar-refractivity contribution in [1.29, 1.82) is 0 Å². The molecule has 3 aromatic carbocycles. The Morgan fingerprint density at radius 3 is 2.14 bits per heavy atom. The van der Waals surface area contributed by atoms with Crippen molar-refractivity contribution in [3.8, 4) is 5.69 Å². The number of carbonyl (C=O) groups is 2. The summed E-state index contributed by atoms with van der Waals surface area (Å²) in [5.41, 5.74) is 1.76. The van der Waals surface area contributed by atoms with Gasteiger partial charge in [0.25, 0.3) is 11.5 Å². The predicted molar refractivity (Wildman–Crippen MR) is 139 cm³/mol. The van der Waals surface area contributed by atoms with E-state index in [1.54, 1.807) is 35.2 Å². The van der Waals surface area contributed by atoms with Gasteiger partial charge in [-0.05, 0) is 43.0 Å². The minimum atomic E-state index is -0.259. The van der Waals surface area contributed by atoms with Gasteiger partial charge in [-0.25, -0.2) is 0 Å². The molecule has 4 aromatic rings. The Morgan fingerprint density at radius 2 is 1.44 bits per heavy atom. The van der Waals surface area contributed by atoms with Crippen LogP contribution in [0, 0.1) is 0 Å². The summed E-state index contributed by atoms with van der Waals surface area (Å²) in [5, 5.41) is 8.64. The molecule has 0 bridgehead atoms. The monoisotopic (exact) mass is 480 g/mol. The third-order valence-electron chi connectivity index (χ3n) is 6.64. The Balaban J connectivity index is 1.28. The summed E-state index contributed by atoms with van der Waals surface area (Å²) >= 11 is 0. The zero-order chi connectivity index (χ0) is 24.9. The SMILES string of the molecule is O=C(CCc1ccccc1)NC1CCN(C(=O)c2nn(-c3ccccc3)c(=O)c3ccccc23)CC1. The first kappa shape index (κ1) is 23.5. The molecule has 1 aliphatic rings. The third kappa shape index (κ3) is 5.05. The van der Waals surface area contributed by atoms with Gasteiger partial charge in [-0.15, -0.1) is 0 Å². The van der Waals surface area contributed by atoms with E-state index in [9.17, 15) is 14.4 Å². The van der Waals surface area contributed by atoms with Crippen LogP contribution in [0.1, 0.15) is 35.3 Å². The lowest BCUT2D eigenvalue weighted by Crippen LogP contribution is -2.47. The van der Waals surface area contributed by atoms with Crippen molar-refractivity contribution in [2.75, 3.05) is 13.1 Å². The van der Waals surface area contributed by atoms with Crippen molar-refractivity contribution in [3.05, 3.63) is 107 Å². The van der Waals surface area contributed by atoms with Gasteiger partial charge in [-0.2, -0.15) is 9.78 Å². The molecule has 182 valence electrons. The lowest BCUT2D eigenvalue weighted by Gasteiger charge is -2.32. The summed E-state index contributed by atoms with van der Waals surface area (Å²) in [7, 11) is 0. The molecule has 2 heterocycles. The predicted octanol–water partition coefficient (Wildman–Crippen LogP) is 3.74. The van der Waals surface area contributed by atoms with Crippen molar-refractivity contribution in [2.24, 2.45) is 0 Å². The first-order valence-corrected chi connectivity index (χ1v) is 12.3. The summed E-state index contributed by atoms with van der Waals surface area (Å²) in [6.07, 6.45) is 2.51. The molecule has 7 nitrogen and oxygen atoms in total. The molecule has 5 rings (SSSR count). The standard InChI is InChI=1S/C29H28N4O3/c34-26(16-15-21-9-3-1-4-10-21)30-22-17-19-32(20-18-22)29(36)27-24-13-7-8-14-25(24)28(35)33(31-27)23-11-5-2-6-12-23/h1-14,22H,15-20H2,(H,30,34). The molecule has 0 radical (unpaired) electrons. The molecular weight excluding hydrogens is 452 g/mol. The summed E-state index contributed by atoms with van der Waals surface area (Å²) in [6, 6.07) is 26.2. The van der Waals surface area contributed by atoms with E-state index >= 15 is 0 Å². The number of aromatic nitrogens is 2. The summed E-state index contributed by atoms with van der Waals surface area (Å²) in [5.74, 6) is -0.170. The van der Waals surface area contributed by atoms with Crippen LogP contribution < -0.4 is 10.9 Å². The fourth-order valence-electron chi connectivity index (χ4n) is 4.67. The number of fused-ring (bicyclic) bond motifs is 1. The van der Waals surface area contributed by atoms with Crippen LogP contribution in [0.2, 0.25) is 0 Å². The molecule has 1 saturated heterocycles. The van der Waals surface area contributed by atoms with Crippen LogP contribution in [0.5, 0.6) is 0 Å². The largest absolute Gasteiger partial charge is 0.353 e. The zero-order valence-electron chi connectivity index (χ0n) is 20.0. The van der Waals surface area contributed by atoms with Crippen molar-refractivity contribution in [1.82, 2.24) is 20.0 Å². The fourth-order valence-corrected chi connectivity index (χ4v) is 4.67.